The Morgan fingerprint density at radius 2 is 2.14 bits per heavy atom. The van der Waals surface area contributed by atoms with Crippen molar-refractivity contribution in [2.24, 2.45) is 0 Å². The van der Waals surface area contributed by atoms with E-state index in [2.05, 4.69) is 31.4 Å². The van der Waals surface area contributed by atoms with E-state index < -0.39 is 24.0 Å². The van der Waals surface area contributed by atoms with Gasteiger partial charge < -0.3 is 19.6 Å². The summed E-state index contributed by atoms with van der Waals surface area (Å²) in [5.41, 5.74) is -4.17. The quantitative estimate of drug-likeness (QED) is 0.444. The van der Waals surface area contributed by atoms with Crippen LogP contribution in [0.3, 0.4) is 0 Å². The van der Waals surface area contributed by atoms with Crippen LogP contribution in [0.25, 0.3) is 10.1 Å². The van der Waals surface area contributed by atoms with Crippen molar-refractivity contribution in [2.75, 3.05) is 0 Å². The lowest BCUT2D eigenvalue weighted by atomic mass is 10.1. The second kappa shape index (κ2) is 7.60. The highest BCUT2D eigenvalue weighted by Gasteiger charge is 2.53. The molecular weight excluding hydrogens is 483 g/mol. The summed E-state index contributed by atoms with van der Waals surface area (Å²) in [5.74, 6) is 0.234. The highest BCUT2D eigenvalue weighted by atomic mass is 79.9. The van der Waals surface area contributed by atoms with E-state index in [0.29, 0.717) is 28.3 Å². The van der Waals surface area contributed by atoms with Gasteiger partial charge >= 0.3 is 13.3 Å². The van der Waals surface area contributed by atoms with Crippen molar-refractivity contribution in [3.8, 4) is 0 Å². The highest BCUT2D eigenvalue weighted by molar-refractivity contribution is 9.10. The van der Waals surface area contributed by atoms with Gasteiger partial charge in [0.25, 0.3) is 5.91 Å². The van der Waals surface area contributed by atoms with Gasteiger partial charge in [0.2, 0.25) is 5.89 Å². The van der Waals surface area contributed by atoms with Crippen molar-refractivity contribution in [1.82, 2.24) is 15.5 Å². The molecule has 28 heavy (non-hydrogen) atoms. The molecule has 0 aliphatic heterocycles. The summed E-state index contributed by atoms with van der Waals surface area (Å²) in [6.45, 7) is 1.85. The molecule has 3 rings (SSSR count). The molecule has 0 bridgehead atoms. The average Bonchev–Trinajstić information content (AvgIpc) is 3.23. The zero-order valence-electron chi connectivity index (χ0n) is 14.1. The predicted octanol–water partition coefficient (Wildman–Crippen LogP) is 3.77. The van der Waals surface area contributed by atoms with Gasteiger partial charge in [0.15, 0.2) is 5.82 Å². The van der Waals surface area contributed by atoms with Gasteiger partial charge in [-0.1, -0.05) is 12.1 Å². The number of fused-ring (bicyclic) bond motifs is 1. The molecule has 0 aliphatic carbocycles. The number of hydrogen-bond donors (Lipinski definition) is 3. The smallest absolute Gasteiger partial charge is 0.343 e. The molecular formula is C15H13BrF2N3O5PS. The molecule has 0 fully saturated rings. The number of carbonyl (C=O) groups is 1. The van der Waals surface area contributed by atoms with Crippen LogP contribution in [0.2, 0.25) is 0 Å². The number of aryl methyl sites for hydroxylation is 1. The van der Waals surface area contributed by atoms with Crippen molar-refractivity contribution in [1.29, 1.82) is 0 Å². The Morgan fingerprint density at radius 1 is 1.43 bits per heavy atom. The topological polar surface area (TPSA) is 126 Å². The first-order chi connectivity index (χ1) is 13.0. The largest absolute Gasteiger partial charge is 0.400 e. The third kappa shape index (κ3) is 3.87. The van der Waals surface area contributed by atoms with Crippen LogP contribution in [-0.2, 0) is 23.2 Å². The fourth-order valence-corrected chi connectivity index (χ4v) is 5.22. The number of rotatable bonds is 6. The SMILES string of the molecule is CCc1noc(CNC(=O)c2ccc3sc(C(F)(F)P(=O)(O)O)c(Br)c3c2)n1. The van der Waals surface area contributed by atoms with Crippen molar-refractivity contribution in [3.63, 3.8) is 0 Å². The maximum absolute atomic E-state index is 14.1. The molecule has 150 valence electrons. The third-order valence-corrected chi connectivity index (χ3v) is 7.19. The van der Waals surface area contributed by atoms with Gasteiger partial charge in [0.05, 0.1) is 6.54 Å². The zero-order chi connectivity index (χ0) is 20.7. The van der Waals surface area contributed by atoms with Crippen LogP contribution in [0.4, 0.5) is 8.78 Å². The van der Waals surface area contributed by atoms with E-state index in [0.717, 1.165) is 0 Å². The first kappa shape index (κ1) is 21.0. The molecule has 8 nitrogen and oxygen atoms in total. The minimum atomic E-state index is -5.70. The number of benzene rings is 1. The molecule has 3 N–H and O–H groups in total. The van der Waals surface area contributed by atoms with Crippen LogP contribution < -0.4 is 5.32 Å². The molecule has 0 saturated carbocycles. The summed E-state index contributed by atoms with van der Waals surface area (Å²) >= 11 is 3.51. The van der Waals surface area contributed by atoms with Crippen molar-refractivity contribution in [2.45, 2.75) is 25.6 Å². The summed E-state index contributed by atoms with van der Waals surface area (Å²) in [7, 11) is -5.70. The van der Waals surface area contributed by atoms with E-state index in [1.165, 1.54) is 18.2 Å². The van der Waals surface area contributed by atoms with Crippen molar-refractivity contribution < 1.29 is 32.5 Å². The molecule has 2 aromatic heterocycles. The van der Waals surface area contributed by atoms with Gasteiger partial charge in [-0.2, -0.15) is 13.8 Å². The Labute approximate surface area is 169 Å². The molecule has 0 unspecified atom stereocenters. The molecule has 0 saturated heterocycles. The van der Waals surface area contributed by atoms with Crippen molar-refractivity contribution >= 4 is 50.9 Å². The maximum atomic E-state index is 14.1. The lowest BCUT2D eigenvalue weighted by molar-refractivity contribution is 0.0595. The number of thiophene rings is 1. The van der Waals surface area contributed by atoms with Gasteiger partial charge in [-0.15, -0.1) is 11.3 Å². The molecule has 0 atom stereocenters. The number of nitrogens with one attached hydrogen (secondary N) is 1. The summed E-state index contributed by atoms with van der Waals surface area (Å²) < 4.78 is 44.4. The van der Waals surface area contributed by atoms with Crippen LogP contribution in [0, 0.1) is 0 Å². The van der Waals surface area contributed by atoms with Crippen molar-refractivity contribution in [3.05, 3.63) is 44.8 Å². The first-order valence-corrected chi connectivity index (χ1v) is 11.0. The fraction of sp³-hybridized carbons (Fsp3) is 0.267. The van der Waals surface area contributed by atoms with E-state index in [1.54, 1.807) is 0 Å². The lowest BCUT2D eigenvalue weighted by Gasteiger charge is -2.16. The first-order valence-electron chi connectivity index (χ1n) is 7.80. The van der Waals surface area contributed by atoms with E-state index in [9.17, 15) is 18.1 Å². The molecule has 1 amide bonds. The van der Waals surface area contributed by atoms with Gasteiger partial charge in [-0.05, 0) is 34.1 Å². The van der Waals surface area contributed by atoms with E-state index in [4.69, 9.17) is 14.3 Å². The number of aromatic nitrogens is 2. The maximum Gasteiger partial charge on any atom is 0.400 e. The van der Waals surface area contributed by atoms with Gasteiger partial charge in [0.1, 0.15) is 4.88 Å². The number of nitrogens with zero attached hydrogens (tertiary/aromatic N) is 2. The summed E-state index contributed by atoms with van der Waals surface area (Å²) in [6.07, 6.45) is 0.585. The number of amides is 1. The zero-order valence-corrected chi connectivity index (χ0v) is 17.4. The van der Waals surface area contributed by atoms with Crippen LogP contribution in [0.5, 0.6) is 0 Å². The van der Waals surface area contributed by atoms with Gasteiger partial charge in [0, 0.05) is 26.5 Å². The monoisotopic (exact) mass is 495 g/mol. The van der Waals surface area contributed by atoms with E-state index in [1.807, 2.05) is 6.92 Å². The Balaban J connectivity index is 1.86. The van der Waals surface area contributed by atoms with Gasteiger partial charge in [-0.3, -0.25) is 9.36 Å². The Morgan fingerprint density at radius 3 is 2.75 bits per heavy atom. The summed E-state index contributed by atoms with van der Waals surface area (Å²) in [4.78, 5) is 33.5. The molecule has 0 aliphatic rings. The second-order valence-corrected chi connectivity index (χ2v) is 9.18. The van der Waals surface area contributed by atoms with Crippen LogP contribution >= 0.6 is 34.9 Å². The van der Waals surface area contributed by atoms with Crippen LogP contribution in [-0.4, -0.2) is 25.8 Å². The Kier molecular flexibility index (Phi) is 5.70. The van der Waals surface area contributed by atoms with E-state index in [-0.39, 0.29) is 27.9 Å². The van der Waals surface area contributed by atoms with E-state index >= 15 is 0 Å². The average molecular weight is 496 g/mol. The normalized spacial score (nSPS) is 12.5. The number of carbonyl (C=O) groups excluding carboxylic acids is 1. The standard InChI is InChI=1S/C15H13BrF2N3O5PS/c1-2-10-20-11(26-21-10)6-19-14(22)7-3-4-9-8(5-7)12(16)13(28-9)15(17,18)27(23,24)25/h3-5H,2,6H2,1H3,(H,19,22)(H2,23,24,25). The molecule has 3 aromatic rings. The van der Waals surface area contributed by atoms with Gasteiger partial charge in [-0.25, -0.2) is 0 Å². The lowest BCUT2D eigenvalue weighted by Crippen LogP contribution is -2.22. The second-order valence-electron chi connectivity index (χ2n) is 5.68. The molecule has 0 spiro atoms. The minimum Gasteiger partial charge on any atom is -0.343 e. The number of halogens is 3. The van der Waals surface area contributed by atoms with Crippen LogP contribution in [0.15, 0.2) is 27.2 Å². The fourth-order valence-electron chi connectivity index (χ4n) is 2.30. The highest BCUT2D eigenvalue weighted by Crippen LogP contribution is 2.62. The molecule has 2 heterocycles. The predicted molar refractivity (Wildman–Crippen MR) is 100 cm³/mol. The summed E-state index contributed by atoms with van der Waals surface area (Å²) in [5, 5.41) is 6.53. The molecule has 13 heteroatoms. The number of alkyl halides is 2. The van der Waals surface area contributed by atoms with Crippen LogP contribution in [0.1, 0.15) is 33.9 Å². The Hall–Kier alpha value is -1.72. The minimum absolute atomic E-state index is 0.00377. The molecule has 1 aromatic carbocycles. The Bertz CT molecular complexity index is 1100. The number of hydrogen-bond acceptors (Lipinski definition) is 6. The third-order valence-electron chi connectivity index (χ3n) is 3.76. The summed E-state index contributed by atoms with van der Waals surface area (Å²) in [6, 6.07) is 4.21. The molecule has 0 radical (unpaired) electrons.